The summed E-state index contributed by atoms with van der Waals surface area (Å²) in [5.74, 6) is 1.32. The zero-order valence-corrected chi connectivity index (χ0v) is 13.8. The highest BCUT2D eigenvalue weighted by Gasteiger charge is 2.45. The van der Waals surface area contributed by atoms with Crippen LogP contribution in [0.1, 0.15) is 71.6 Å². The number of ether oxygens (including phenoxy) is 2. The van der Waals surface area contributed by atoms with Crippen molar-refractivity contribution in [2.45, 2.75) is 77.9 Å². The van der Waals surface area contributed by atoms with Crippen molar-refractivity contribution in [3.63, 3.8) is 0 Å². The number of rotatable bonds is 6. The van der Waals surface area contributed by atoms with Crippen LogP contribution in [0.2, 0.25) is 0 Å². The van der Waals surface area contributed by atoms with Gasteiger partial charge in [-0.3, -0.25) is 0 Å². The summed E-state index contributed by atoms with van der Waals surface area (Å²) in [5, 5.41) is 9.72. The largest absolute Gasteiger partial charge is 0.351 e. The molecule has 1 heterocycles. The van der Waals surface area contributed by atoms with Crippen LogP contribution in [0.15, 0.2) is 0 Å². The van der Waals surface area contributed by atoms with Gasteiger partial charge in [-0.25, -0.2) is 0 Å². The Labute approximate surface area is 130 Å². The number of hydrogen-bond acceptors (Lipinski definition) is 3. The maximum Gasteiger partial charge on any atom is 0.176 e. The van der Waals surface area contributed by atoms with Crippen molar-refractivity contribution in [3.05, 3.63) is 0 Å². The van der Waals surface area contributed by atoms with E-state index in [0.717, 1.165) is 51.2 Å². The molecule has 1 saturated heterocycles. The van der Waals surface area contributed by atoms with E-state index >= 15 is 0 Å². The number of nitrogens with zero attached hydrogens (tertiary/aromatic N) is 1. The van der Waals surface area contributed by atoms with E-state index in [1.165, 1.54) is 25.7 Å². The van der Waals surface area contributed by atoms with Gasteiger partial charge in [0, 0.05) is 5.92 Å². The number of hydrogen-bond donors (Lipinski definition) is 0. The van der Waals surface area contributed by atoms with Crippen molar-refractivity contribution < 1.29 is 9.47 Å². The molecule has 0 N–H and O–H groups in total. The molecule has 3 nitrogen and oxygen atoms in total. The molecular formula is C18H31NO2. The van der Waals surface area contributed by atoms with Gasteiger partial charge in [-0.15, -0.1) is 0 Å². The van der Waals surface area contributed by atoms with Crippen LogP contribution in [0, 0.1) is 28.6 Å². The van der Waals surface area contributed by atoms with Gasteiger partial charge in [0.15, 0.2) is 6.29 Å². The fourth-order valence-electron chi connectivity index (χ4n) is 3.81. The van der Waals surface area contributed by atoms with Crippen LogP contribution in [-0.4, -0.2) is 19.5 Å². The Bertz CT molecular complexity index is 334. The summed E-state index contributed by atoms with van der Waals surface area (Å²) in [6, 6.07) is 2.56. The Morgan fingerprint density at radius 3 is 2.19 bits per heavy atom. The van der Waals surface area contributed by atoms with Crippen LogP contribution in [0.4, 0.5) is 0 Å². The molecule has 2 fully saturated rings. The predicted molar refractivity (Wildman–Crippen MR) is 83.6 cm³/mol. The van der Waals surface area contributed by atoms with Crippen LogP contribution in [0.3, 0.4) is 0 Å². The van der Waals surface area contributed by atoms with E-state index < -0.39 is 0 Å². The molecule has 0 bridgehead atoms. The Morgan fingerprint density at radius 1 is 1.00 bits per heavy atom. The van der Waals surface area contributed by atoms with E-state index in [9.17, 15) is 5.26 Å². The smallest absolute Gasteiger partial charge is 0.176 e. The van der Waals surface area contributed by atoms with Crippen LogP contribution in [0.25, 0.3) is 0 Å². The lowest BCUT2D eigenvalue weighted by Gasteiger charge is -2.42. The minimum atomic E-state index is -0.389. The molecule has 0 radical (unpaired) electrons. The summed E-state index contributed by atoms with van der Waals surface area (Å²) in [6.45, 7) is 5.97. The molecule has 0 amide bonds. The fourth-order valence-corrected chi connectivity index (χ4v) is 3.81. The average molecular weight is 293 g/mol. The third-order valence-corrected chi connectivity index (χ3v) is 5.30. The molecule has 0 spiro atoms. The first-order chi connectivity index (χ1) is 10.2. The molecule has 2 aliphatic rings. The summed E-state index contributed by atoms with van der Waals surface area (Å²) in [4.78, 5) is 0. The van der Waals surface area contributed by atoms with Gasteiger partial charge in [0.2, 0.25) is 0 Å². The SMILES string of the molecule is CCCC[C@H]1CC[C@](C#N)(C2OCC(CCC)CO2)CC1. The van der Waals surface area contributed by atoms with E-state index in [2.05, 4.69) is 19.9 Å². The highest BCUT2D eigenvalue weighted by molar-refractivity contribution is 5.04. The molecule has 120 valence electrons. The molecule has 0 unspecified atom stereocenters. The minimum Gasteiger partial charge on any atom is -0.351 e. The molecule has 1 aliphatic heterocycles. The highest BCUT2D eigenvalue weighted by atomic mass is 16.7. The third kappa shape index (κ3) is 4.20. The lowest BCUT2D eigenvalue weighted by atomic mass is 9.69. The van der Waals surface area contributed by atoms with Crippen molar-refractivity contribution in [2.24, 2.45) is 17.3 Å². The lowest BCUT2D eigenvalue weighted by Crippen LogP contribution is -2.45. The van der Waals surface area contributed by atoms with Crippen molar-refractivity contribution in [1.82, 2.24) is 0 Å². The van der Waals surface area contributed by atoms with Gasteiger partial charge < -0.3 is 9.47 Å². The first-order valence-electron chi connectivity index (χ1n) is 8.88. The second-order valence-corrected chi connectivity index (χ2v) is 7.01. The van der Waals surface area contributed by atoms with E-state index in [0.29, 0.717) is 5.92 Å². The van der Waals surface area contributed by atoms with E-state index in [4.69, 9.17) is 9.47 Å². The van der Waals surface area contributed by atoms with Crippen molar-refractivity contribution in [2.75, 3.05) is 13.2 Å². The van der Waals surface area contributed by atoms with Gasteiger partial charge >= 0.3 is 0 Å². The Balaban J connectivity index is 1.85. The minimum absolute atomic E-state index is 0.289. The summed E-state index contributed by atoms with van der Waals surface area (Å²) in [6.07, 6.45) is 10.2. The Morgan fingerprint density at radius 2 is 1.67 bits per heavy atom. The zero-order valence-electron chi connectivity index (χ0n) is 13.8. The molecule has 3 heteroatoms. The first-order valence-corrected chi connectivity index (χ1v) is 8.88. The summed E-state index contributed by atoms with van der Waals surface area (Å²) < 4.78 is 11.9. The first kappa shape index (κ1) is 16.8. The molecule has 2 rings (SSSR count). The highest BCUT2D eigenvalue weighted by Crippen LogP contribution is 2.45. The average Bonchev–Trinajstić information content (AvgIpc) is 2.54. The van der Waals surface area contributed by atoms with Crippen LogP contribution in [0.5, 0.6) is 0 Å². The Hall–Kier alpha value is -0.590. The molecule has 21 heavy (non-hydrogen) atoms. The Kier molecular flexibility index (Phi) is 6.51. The van der Waals surface area contributed by atoms with Crippen molar-refractivity contribution in [3.8, 4) is 6.07 Å². The molecule has 0 atom stereocenters. The maximum absolute atomic E-state index is 9.72. The van der Waals surface area contributed by atoms with Crippen LogP contribution >= 0.6 is 0 Å². The summed E-state index contributed by atoms with van der Waals surface area (Å²) >= 11 is 0. The molecule has 0 aromatic carbocycles. The van der Waals surface area contributed by atoms with E-state index in [1.807, 2.05) is 0 Å². The van der Waals surface area contributed by atoms with E-state index in [1.54, 1.807) is 0 Å². The second-order valence-electron chi connectivity index (χ2n) is 7.01. The van der Waals surface area contributed by atoms with Gasteiger partial charge in [-0.2, -0.15) is 5.26 Å². The summed E-state index contributed by atoms with van der Waals surface area (Å²) in [7, 11) is 0. The predicted octanol–water partition coefficient (Wildman–Crippen LogP) is 4.67. The fraction of sp³-hybridized carbons (Fsp3) is 0.944. The molecule has 0 aromatic rings. The molecule has 1 aliphatic carbocycles. The van der Waals surface area contributed by atoms with Gasteiger partial charge in [0.05, 0.1) is 19.3 Å². The standard InChI is InChI=1S/C18H31NO2/c1-3-5-7-15-8-10-18(14-19,11-9-15)17-20-12-16(6-4-2)13-21-17/h15-17H,3-13H2,1-2H3/t15-,16?,17?,18-. The van der Waals surface area contributed by atoms with Crippen molar-refractivity contribution in [1.29, 1.82) is 5.26 Å². The normalized spacial score (nSPS) is 37.1. The maximum atomic E-state index is 9.72. The number of nitriles is 1. The molecular weight excluding hydrogens is 262 g/mol. The van der Waals surface area contributed by atoms with Gasteiger partial charge in [-0.05, 0) is 38.0 Å². The van der Waals surface area contributed by atoms with Gasteiger partial charge in [0.1, 0.15) is 5.41 Å². The lowest BCUT2D eigenvalue weighted by molar-refractivity contribution is -0.247. The summed E-state index contributed by atoms with van der Waals surface area (Å²) in [5.41, 5.74) is -0.389. The third-order valence-electron chi connectivity index (χ3n) is 5.30. The molecule has 0 aromatic heterocycles. The monoisotopic (exact) mass is 293 g/mol. The van der Waals surface area contributed by atoms with Crippen molar-refractivity contribution >= 4 is 0 Å². The molecule has 1 saturated carbocycles. The van der Waals surface area contributed by atoms with Gasteiger partial charge in [0.25, 0.3) is 0 Å². The number of unbranched alkanes of at least 4 members (excludes halogenated alkanes) is 1. The zero-order chi connectivity index (χ0) is 15.1. The van der Waals surface area contributed by atoms with Crippen LogP contribution < -0.4 is 0 Å². The second kappa shape index (κ2) is 8.15. The van der Waals surface area contributed by atoms with E-state index in [-0.39, 0.29) is 11.7 Å². The quantitative estimate of drug-likeness (QED) is 0.715. The van der Waals surface area contributed by atoms with Gasteiger partial charge in [-0.1, -0.05) is 39.5 Å². The van der Waals surface area contributed by atoms with Crippen LogP contribution in [-0.2, 0) is 9.47 Å². The topological polar surface area (TPSA) is 42.2 Å².